The molecule has 0 saturated heterocycles. The van der Waals surface area contributed by atoms with Crippen LogP contribution < -0.4 is 15.4 Å². The Morgan fingerprint density at radius 2 is 2.00 bits per heavy atom. The molecule has 6 heteroatoms. The maximum Gasteiger partial charge on any atom is 0.191 e. The first-order valence-corrected chi connectivity index (χ1v) is 9.30. The van der Waals surface area contributed by atoms with E-state index in [1.165, 1.54) is 10.4 Å². The van der Waals surface area contributed by atoms with E-state index in [0.29, 0.717) is 5.92 Å². The van der Waals surface area contributed by atoms with Crippen molar-refractivity contribution in [1.29, 1.82) is 0 Å². The van der Waals surface area contributed by atoms with Gasteiger partial charge in [-0.3, -0.25) is 4.99 Å². The van der Waals surface area contributed by atoms with Crippen LogP contribution in [0.1, 0.15) is 30.2 Å². The van der Waals surface area contributed by atoms with Crippen molar-refractivity contribution in [3.63, 3.8) is 0 Å². The van der Waals surface area contributed by atoms with Gasteiger partial charge in [-0.05, 0) is 36.4 Å². The Bertz CT molecular complexity index is 631. The van der Waals surface area contributed by atoms with Crippen LogP contribution in [0.15, 0.2) is 46.8 Å². The Labute approximate surface area is 172 Å². The molecule has 0 fully saturated rings. The highest BCUT2D eigenvalue weighted by atomic mass is 127. The van der Waals surface area contributed by atoms with Gasteiger partial charge in [0, 0.05) is 23.9 Å². The van der Waals surface area contributed by atoms with E-state index in [2.05, 4.69) is 48.1 Å². The summed E-state index contributed by atoms with van der Waals surface area (Å²) in [4.78, 5) is 6.09. The Morgan fingerprint density at radius 3 is 2.68 bits per heavy atom. The second kappa shape index (κ2) is 12.1. The normalized spacial score (nSPS) is 12.2. The lowest BCUT2D eigenvalue weighted by Gasteiger charge is -2.14. The molecule has 25 heavy (non-hydrogen) atoms. The van der Waals surface area contributed by atoms with Crippen molar-refractivity contribution in [2.45, 2.75) is 26.2 Å². The number of benzene rings is 1. The van der Waals surface area contributed by atoms with Gasteiger partial charge in [0.25, 0.3) is 0 Å². The zero-order valence-electron chi connectivity index (χ0n) is 15.1. The number of rotatable bonds is 8. The number of methoxy groups -OCH3 is 1. The summed E-state index contributed by atoms with van der Waals surface area (Å²) in [5.41, 5.74) is 1.20. The third-order valence-corrected chi connectivity index (χ3v) is 4.88. The minimum Gasteiger partial charge on any atom is -0.496 e. The van der Waals surface area contributed by atoms with E-state index in [-0.39, 0.29) is 24.0 Å². The molecule has 138 valence electrons. The predicted octanol–water partition coefficient (Wildman–Crippen LogP) is 4.28. The fourth-order valence-corrected chi connectivity index (χ4v) is 3.23. The number of para-hydroxylation sites is 1. The standard InChI is InChI=1S/C19H27N3OS.HI/c1-4-20-19(22-14-15(2)18-10-7-13-24-18)21-12-11-16-8-5-6-9-17(16)23-3;/h5-10,13,15H,4,11-12,14H2,1-3H3,(H2,20,21,22);1H. The number of nitrogens with one attached hydrogen (secondary N) is 2. The molecule has 0 spiro atoms. The highest BCUT2D eigenvalue weighted by Gasteiger charge is 2.07. The van der Waals surface area contributed by atoms with Crippen LogP contribution in [0.2, 0.25) is 0 Å². The number of aliphatic imine (C=N–C) groups is 1. The molecule has 2 aromatic rings. The Kier molecular flexibility index (Phi) is 10.6. The van der Waals surface area contributed by atoms with Gasteiger partial charge in [0.05, 0.1) is 13.7 Å². The molecule has 4 nitrogen and oxygen atoms in total. The highest BCUT2D eigenvalue weighted by Crippen LogP contribution is 2.20. The fourth-order valence-electron chi connectivity index (χ4n) is 2.46. The van der Waals surface area contributed by atoms with Gasteiger partial charge in [0.1, 0.15) is 5.75 Å². The SMILES string of the molecule is CCNC(=NCC(C)c1cccs1)NCCc1ccccc1OC.I. The number of nitrogens with zero attached hydrogens (tertiary/aromatic N) is 1. The van der Waals surface area contributed by atoms with Gasteiger partial charge >= 0.3 is 0 Å². The molecule has 0 aliphatic carbocycles. The van der Waals surface area contributed by atoms with Crippen LogP contribution in [0.25, 0.3) is 0 Å². The van der Waals surface area contributed by atoms with Crippen LogP contribution in [-0.4, -0.2) is 32.7 Å². The molecule has 0 amide bonds. The van der Waals surface area contributed by atoms with Crippen molar-refractivity contribution >= 4 is 41.3 Å². The molecule has 0 aliphatic rings. The van der Waals surface area contributed by atoms with E-state index in [4.69, 9.17) is 9.73 Å². The van der Waals surface area contributed by atoms with Gasteiger partial charge in [-0.15, -0.1) is 35.3 Å². The number of hydrogen-bond acceptors (Lipinski definition) is 3. The first-order valence-electron chi connectivity index (χ1n) is 8.42. The monoisotopic (exact) mass is 473 g/mol. The zero-order valence-corrected chi connectivity index (χ0v) is 18.3. The van der Waals surface area contributed by atoms with Crippen LogP contribution in [0.3, 0.4) is 0 Å². The lowest BCUT2D eigenvalue weighted by atomic mass is 10.1. The van der Waals surface area contributed by atoms with Crippen molar-refractivity contribution in [1.82, 2.24) is 10.6 Å². The third kappa shape index (κ3) is 7.23. The summed E-state index contributed by atoms with van der Waals surface area (Å²) in [6.07, 6.45) is 0.898. The molecule has 2 rings (SSSR count). The van der Waals surface area contributed by atoms with E-state index in [9.17, 15) is 0 Å². The van der Waals surface area contributed by atoms with E-state index in [0.717, 1.165) is 37.8 Å². The molecule has 0 aliphatic heterocycles. The maximum absolute atomic E-state index is 5.40. The average molecular weight is 473 g/mol. The van der Waals surface area contributed by atoms with Crippen LogP contribution >= 0.6 is 35.3 Å². The predicted molar refractivity (Wildman–Crippen MR) is 119 cm³/mol. The molecule has 0 bridgehead atoms. The molecular weight excluding hydrogens is 445 g/mol. The summed E-state index contributed by atoms with van der Waals surface area (Å²) in [6, 6.07) is 12.4. The van der Waals surface area contributed by atoms with Gasteiger partial charge in [0.15, 0.2) is 5.96 Å². The van der Waals surface area contributed by atoms with Crippen molar-refractivity contribution in [2.24, 2.45) is 4.99 Å². The van der Waals surface area contributed by atoms with Crippen molar-refractivity contribution in [2.75, 3.05) is 26.7 Å². The number of hydrogen-bond donors (Lipinski definition) is 2. The smallest absolute Gasteiger partial charge is 0.191 e. The molecule has 1 aromatic heterocycles. The van der Waals surface area contributed by atoms with Crippen LogP contribution in [0.5, 0.6) is 5.75 Å². The summed E-state index contributed by atoms with van der Waals surface area (Å²) < 4.78 is 5.40. The van der Waals surface area contributed by atoms with E-state index < -0.39 is 0 Å². The second-order valence-corrected chi connectivity index (χ2v) is 6.60. The second-order valence-electron chi connectivity index (χ2n) is 5.62. The van der Waals surface area contributed by atoms with Crippen LogP contribution in [-0.2, 0) is 6.42 Å². The van der Waals surface area contributed by atoms with Crippen molar-refractivity contribution in [3.8, 4) is 5.75 Å². The van der Waals surface area contributed by atoms with Crippen LogP contribution in [0.4, 0.5) is 0 Å². The lowest BCUT2D eigenvalue weighted by molar-refractivity contribution is 0.409. The average Bonchev–Trinajstić information content (AvgIpc) is 3.14. The van der Waals surface area contributed by atoms with Gasteiger partial charge in [0.2, 0.25) is 0 Å². The molecule has 0 radical (unpaired) electrons. The minimum absolute atomic E-state index is 0. The minimum atomic E-state index is 0. The Hall–Kier alpha value is -1.28. The van der Waals surface area contributed by atoms with Crippen molar-refractivity contribution in [3.05, 3.63) is 52.2 Å². The number of guanidine groups is 1. The fraction of sp³-hybridized carbons (Fsp3) is 0.421. The van der Waals surface area contributed by atoms with Gasteiger partial charge in [-0.2, -0.15) is 0 Å². The number of ether oxygens (including phenoxy) is 1. The van der Waals surface area contributed by atoms with E-state index >= 15 is 0 Å². The molecular formula is C19H28IN3OS. The summed E-state index contributed by atoms with van der Waals surface area (Å²) in [6.45, 7) is 6.76. The summed E-state index contributed by atoms with van der Waals surface area (Å²) in [5, 5.41) is 8.83. The van der Waals surface area contributed by atoms with Gasteiger partial charge in [-0.1, -0.05) is 31.2 Å². The number of halogens is 1. The highest BCUT2D eigenvalue weighted by molar-refractivity contribution is 14.0. The molecule has 1 atom stereocenters. The van der Waals surface area contributed by atoms with Crippen LogP contribution in [0, 0.1) is 0 Å². The number of thiophene rings is 1. The molecule has 1 aromatic carbocycles. The topological polar surface area (TPSA) is 45.7 Å². The van der Waals surface area contributed by atoms with E-state index in [1.54, 1.807) is 18.4 Å². The Balaban J connectivity index is 0.00000312. The summed E-state index contributed by atoms with van der Waals surface area (Å²) in [7, 11) is 1.71. The third-order valence-electron chi connectivity index (χ3n) is 3.78. The molecule has 1 heterocycles. The Morgan fingerprint density at radius 1 is 1.20 bits per heavy atom. The van der Waals surface area contributed by atoms with Gasteiger partial charge in [-0.25, -0.2) is 0 Å². The summed E-state index contributed by atoms with van der Waals surface area (Å²) >= 11 is 1.79. The van der Waals surface area contributed by atoms with E-state index in [1.807, 2.05) is 18.2 Å². The molecule has 0 saturated carbocycles. The summed E-state index contributed by atoms with van der Waals surface area (Å²) in [5.74, 6) is 2.25. The maximum atomic E-state index is 5.40. The van der Waals surface area contributed by atoms with Crippen molar-refractivity contribution < 1.29 is 4.74 Å². The molecule has 1 unspecified atom stereocenters. The lowest BCUT2D eigenvalue weighted by Crippen LogP contribution is -2.38. The zero-order chi connectivity index (χ0) is 17.2. The van der Waals surface area contributed by atoms with Gasteiger partial charge < -0.3 is 15.4 Å². The largest absolute Gasteiger partial charge is 0.496 e. The first kappa shape index (κ1) is 21.8. The first-order chi connectivity index (χ1) is 11.7. The quantitative estimate of drug-likeness (QED) is 0.342. The molecule has 2 N–H and O–H groups in total.